The Morgan fingerprint density at radius 1 is 1.45 bits per heavy atom. The molecule has 1 aliphatic carbocycles. The molecule has 1 saturated heterocycles. The summed E-state index contributed by atoms with van der Waals surface area (Å²) in [5, 5.41) is 3.13. The van der Waals surface area contributed by atoms with Crippen molar-refractivity contribution in [2.75, 3.05) is 18.4 Å². The van der Waals surface area contributed by atoms with E-state index in [0.29, 0.717) is 30.9 Å². The molecule has 22 heavy (non-hydrogen) atoms. The number of aryl methyl sites for hydroxylation is 1. The van der Waals surface area contributed by atoms with Gasteiger partial charge >= 0.3 is 0 Å². The van der Waals surface area contributed by atoms with Crippen LogP contribution in [0.2, 0.25) is 0 Å². The van der Waals surface area contributed by atoms with E-state index in [9.17, 15) is 4.79 Å². The van der Waals surface area contributed by atoms with Crippen LogP contribution in [-0.4, -0.2) is 35.9 Å². The van der Waals surface area contributed by atoms with E-state index in [1.165, 1.54) is 18.4 Å². The fourth-order valence-electron chi connectivity index (χ4n) is 2.95. The molecule has 1 aromatic rings. The van der Waals surface area contributed by atoms with Gasteiger partial charge in [0.25, 0.3) is 0 Å². The van der Waals surface area contributed by atoms with Crippen LogP contribution in [0.5, 0.6) is 0 Å². The van der Waals surface area contributed by atoms with Gasteiger partial charge in [0.1, 0.15) is 0 Å². The number of hydrogen-bond acceptors (Lipinski definition) is 2. The van der Waals surface area contributed by atoms with Crippen LogP contribution in [0, 0.1) is 5.92 Å². The summed E-state index contributed by atoms with van der Waals surface area (Å²) in [6.45, 7) is 3.58. The Balaban J connectivity index is 1.52. The third-order valence-corrected chi connectivity index (χ3v) is 4.35. The largest absolute Gasteiger partial charge is 0.370 e. The Hall–Kier alpha value is -2.04. The number of nitrogens with zero attached hydrogens (tertiary/aromatic N) is 2. The average molecular weight is 300 g/mol. The van der Waals surface area contributed by atoms with Crippen LogP contribution in [-0.2, 0) is 11.2 Å². The van der Waals surface area contributed by atoms with Crippen molar-refractivity contribution in [1.82, 2.24) is 4.90 Å². The molecule has 5 nitrogen and oxygen atoms in total. The van der Waals surface area contributed by atoms with Gasteiger partial charge in [-0.05, 0) is 37.0 Å². The summed E-state index contributed by atoms with van der Waals surface area (Å²) in [5.41, 5.74) is 8.18. The van der Waals surface area contributed by atoms with Gasteiger partial charge < -0.3 is 16.0 Å². The van der Waals surface area contributed by atoms with E-state index < -0.39 is 0 Å². The highest BCUT2D eigenvalue weighted by Gasteiger charge is 2.39. The monoisotopic (exact) mass is 300 g/mol. The molecule has 5 heteroatoms. The van der Waals surface area contributed by atoms with Crippen molar-refractivity contribution >= 4 is 17.6 Å². The molecule has 0 radical (unpaired) electrons. The zero-order valence-electron chi connectivity index (χ0n) is 13.1. The van der Waals surface area contributed by atoms with Crippen LogP contribution in [0.3, 0.4) is 0 Å². The number of likely N-dealkylation sites (tertiary alicyclic amines) is 1. The Morgan fingerprint density at radius 3 is 3.00 bits per heavy atom. The number of guanidine groups is 1. The molecule has 1 amide bonds. The number of aliphatic imine (C=N–C) groups is 1. The minimum atomic E-state index is 0.282. The number of hydrogen-bond donors (Lipinski definition) is 2. The van der Waals surface area contributed by atoms with Crippen LogP contribution < -0.4 is 11.1 Å². The van der Waals surface area contributed by atoms with Crippen LogP contribution in [0.15, 0.2) is 29.3 Å². The first kappa shape index (κ1) is 14.9. The first-order valence-electron chi connectivity index (χ1n) is 8.11. The van der Waals surface area contributed by atoms with Crippen LogP contribution in [0.1, 0.15) is 31.7 Å². The molecule has 1 saturated carbocycles. The maximum absolute atomic E-state index is 11.9. The molecule has 118 valence electrons. The lowest BCUT2D eigenvalue weighted by Gasteiger charge is -2.14. The molecule has 2 fully saturated rings. The van der Waals surface area contributed by atoms with Crippen LogP contribution in [0.4, 0.5) is 5.69 Å². The lowest BCUT2D eigenvalue weighted by Crippen LogP contribution is -2.28. The maximum atomic E-state index is 11.9. The summed E-state index contributed by atoms with van der Waals surface area (Å²) in [5.74, 6) is 1.01. The number of nitrogens with one attached hydrogen (secondary N) is 1. The van der Waals surface area contributed by atoms with Crippen molar-refractivity contribution in [3.05, 3.63) is 29.8 Å². The lowest BCUT2D eigenvalue weighted by atomic mass is 10.1. The van der Waals surface area contributed by atoms with Gasteiger partial charge in [0.2, 0.25) is 5.91 Å². The Morgan fingerprint density at radius 2 is 2.27 bits per heavy atom. The fourth-order valence-corrected chi connectivity index (χ4v) is 2.95. The van der Waals surface area contributed by atoms with E-state index >= 15 is 0 Å². The quantitative estimate of drug-likeness (QED) is 0.645. The van der Waals surface area contributed by atoms with Crippen molar-refractivity contribution in [2.45, 2.75) is 38.6 Å². The van der Waals surface area contributed by atoms with Crippen LogP contribution >= 0.6 is 0 Å². The highest BCUT2D eigenvalue weighted by molar-refractivity contribution is 5.92. The molecule has 1 heterocycles. The Kier molecular flexibility index (Phi) is 4.32. The number of amides is 1. The predicted molar refractivity (Wildman–Crippen MR) is 88.8 cm³/mol. The van der Waals surface area contributed by atoms with Gasteiger partial charge in [0.05, 0.1) is 0 Å². The second-order valence-electron chi connectivity index (χ2n) is 6.25. The Labute approximate surface area is 131 Å². The number of carbonyl (C=O) groups is 1. The molecule has 1 unspecified atom stereocenters. The molecule has 1 aliphatic heterocycles. The minimum absolute atomic E-state index is 0.282. The molecule has 0 spiro atoms. The number of anilines is 1. The van der Waals surface area contributed by atoms with Gasteiger partial charge in [-0.25, -0.2) is 0 Å². The van der Waals surface area contributed by atoms with Crippen molar-refractivity contribution in [3.8, 4) is 0 Å². The first-order valence-corrected chi connectivity index (χ1v) is 8.11. The van der Waals surface area contributed by atoms with Gasteiger partial charge in [0, 0.05) is 37.2 Å². The van der Waals surface area contributed by atoms with Crippen molar-refractivity contribution < 1.29 is 4.79 Å². The molecule has 0 aromatic heterocycles. The summed E-state index contributed by atoms with van der Waals surface area (Å²) in [4.78, 5) is 18.3. The van der Waals surface area contributed by atoms with E-state index in [0.717, 1.165) is 18.7 Å². The van der Waals surface area contributed by atoms with Crippen LogP contribution in [0.25, 0.3) is 0 Å². The van der Waals surface area contributed by atoms with E-state index in [1.54, 1.807) is 0 Å². The van der Waals surface area contributed by atoms with Gasteiger partial charge in [-0.1, -0.05) is 19.1 Å². The maximum Gasteiger partial charge on any atom is 0.223 e. The van der Waals surface area contributed by atoms with E-state index in [4.69, 9.17) is 5.73 Å². The van der Waals surface area contributed by atoms with Crippen molar-refractivity contribution in [1.29, 1.82) is 0 Å². The zero-order valence-corrected chi connectivity index (χ0v) is 13.1. The summed E-state index contributed by atoms with van der Waals surface area (Å²) < 4.78 is 0. The molecular formula is C17H24N4O. The number of rotatable bonds is 5. The number of carbonyl (C=O) groups excluding carboxylic acids is 1. The molecule has 2 aliphatic rings. The number of nitrogens with two attached hydrogens (primary N) is 1. The molecule has 3 rings (SSSR count). The van der Waals surface area contributed by atoms with Gasteiger partial charge in [-0.3, -0.25) is 9.79 Å². The third-order valence-electron chi connectivity index (χ3n) is 4.35. The fraction of sp³-hybridized carbons (Fsp3) is 0.529. The van der Waals surface area contributed by atoms with Gasteiger partial charge in [-0.2, -0.15) is 0 Å². The van der Waals surface area contributed by atoms with Crippen molar-refractivity contribution in [2.24, 2.45) is 16.6 Å². The highest BCUT2D eigenvalue weighted by atomic mass is 16.2. The highest BCUT2D eigenvalue weighted by Crippen LogP contribution is 2.32. The standard InChI is InChI=1S/C17H24N4O/c1-2-12-4-3-5-14(8-12)20-17(18)19-10-13-9-16(22)21(11-13)15-6-7-15/h3-5,8,13,15H,2,6-7,9-11H2,1H3,(H3,18,19,20). The van der Waals surface area contributed by atoms with Gasteiger partial charge in [0.15, 0.2) is 5.96 Å². The third kappa shape index (κ3) is 3.59. The topological polar surface area (TPSA) is 70.7 Å². The molecular weight excluding hydrogens is 276 g/mol. The van der Waals surface area contributed by atoms with Crippen molar-refractivity contribution in [3.63, 3.8) is 0 Å². The van der Waals surface area contributed by atoms with E-state index in [-0.39, 0.29) is 5.91 Å². The second-order valence-corrected chi connectivity index (χ2v) is 6.25. The van der Waals surface area contributed by atoms with E-state index in [2.05, 4.69) is 29.4 Å². The summed E-state index contributed by atoms with van der Waals surface area (Å²) in [6, 6.07) is 8.67. The summed E-state index contributed by atoms with van der Waals surface area (Å²) in [6.07, 6.45) is 3.94. The summed E-state index contributed by atoms with van der Waals surface area (Å²) >= 11 is 0. The van der Waals surface area contributed by atoms with Gasteiger partial charge in [-0.15, -0.1) is 0 Å². The molecule has 1 aromatic carbocycles. The zero-order chi connectivity index (χ0) is 15.5. The summed E-state index contributed by atoms with van der Waals surface area (Å²) in [7, 11) is 0. The number of benzene rings is 1. The Bertz CT molecular complexity index is 580. The SMILES string of the molecule is CCc1cccc(NC(N)=NCC2CC(=O)N(C3CC3)C2)c1. The molecule has 0 bridgehead atoms. The normalized spacial score (nSPS) is 22.2. The average Bonchev–Trinajstić information content (AvgIpc) is 3.29. The molecule has 3 N–H and O–H groups in total. The second kappa shape index (κ2) is 6.38. The first-order chi connectivity index (χ1) is 10.7. The lowest BCUT2D eigenvalue weighted by molar-refractivity contribution is -0.128. The minimum Gasteiger partial charge on any atom is -0.370 e. The van der Waals surface area contributed by atoms with E-state index in [1.807, 2.05) is 17.0 Å². The molecule has 1 atom stereocenters. The smallest absolute Gasteiger partial charge is 0.223 e. The predicted octanol–water partition coefficient (Wildman–Crippen LogP) is 1.99.